The van der Waals surface area contributed by atoms with Gasteiger partial charge in [-0.15, -0.1) is 0 Å². The summed E-state index contributed by atoms with van der Waals surface area (Å²) in [5.41, 5.74) is 1.30. The molecule has 8 heteroatoms. The Kier molecular flexibility index (Phi) is 4.46. The average Bonchev–Trinajstić information content (AvgIpc) is 3.08. The van der Waals surface area contributed by atoms with Crippen LogP contribution in [-0.4, -0.2) is 62.1 Å². The number of carbonyl (C=O) groups is 1. The lowest BCUT2D eigenvalue weighted by molar-refractivity contribution is 0.0921. The van der Waals surface area contributed by atoms with E-state index in [1.165, 1.54) is 6.26 Å². The number of aromatic nitrogens is 1. The second-order valence-electron chi connectivity index (χ2n) is 6.84. The Labute approximate surface area is 136 Å². The maximum atomic E-state index is 12.4. The van der Waals surface area contributed by atoms with Crippen molar-refractivity contribution in [2.45, 2.75) is 31.7 Å². The number of nitrogens with one attached hydrogen (secondary N) is 1. The smallest absolute Gasteiger partial charge is 0.274 e. The highest BCUT2D eigenvalue weighted by atomic mass is 32.2. The molecule has 1 aromatic heterocycles. The molecule has 23 heavy (non-hydrogen) atoms. The third-order valence-corrected chi connectivity index (χ3v) is 5.54. The van der Waals surface area contributed by atoms with Crippen molar-refractivity contribution in [3.63, 3.8) is 0 Å². The highest BCUT2D eigenvalue weighted by Crippen LogP contribution is 2.41. The number of sulfone groups is 1. The van der Waals surface area contributed by atoms with Crippen molar-refractivity contribution >= 4 is 15.7 Å². The minimum atomic E-state index is -2.96. The van der Waals surface area contributed by atoms with E-state index in [9.17, 15) is 13.2 Å². The molecule has 1 saturated carbocycles. The van der Waals surface area contributed by atoms with Gasteiger partial charge in [0.25, 0.3) is 5.91 Å². The summed E-state index contributed by atoms with van der Waals surface area (Å²) in [6.07, 6.45) is 4.99. The maximum Gasteiger partial charge on any atom is 0.274 e. The molecule has 0 unspecified atom stereocenters. The molecule has 0 spiro atoms. The largest absolute Gasteiger partial charge is 0.364 e. The molecule has 1 aromatic rings. The predicted octanol–water partition coefficient (Wildman–Crippen LogP) is 0.647. The third kappa shape index (κ3) is 4.11. The van der Waals surface area contributed by atoms with E-state index in [1.807, 2.05) is 0 Å². The Morgan fingerprint density at radius 3 is 2.83 bits per heavy atom. The summed E-state index contributed by atoms with van der Waals surface area (Å²) < 4.78 is 27.5. The first kappa shape index (κ1) is 16.4. The SMILES string of the molecule is C[C@H]1CN(CCS(C)(=O)=O)C[C@H]1NC(=O)c1nocc1C1CC1. The molecule has 2 aliphatic rings. The zero-order valence-corrected chi connectivity index (χ0v) is 14.3. The molecule has 2 fully saturated rings. The van der Waals surface area contributed by atoms with E-state index in [1.54, 1.807) is 6.26 Å². The first-order chi connectivity index (χ1) is 10.8. The van der Waals surface area contributed by atoms with Gasteiger partial charge in [-0.1, -0.05) is 12.1 Å². The van der Waals surface area contributed by atoms with Gasteiger partial charge >= 0.3 is 0 Å². The third-order valence-electron chi connectivity index (χ3n) is 4.61. The van der Waals surface area contributed by atoms with E-state index in [0.29, 0.717) is 24.7 Å². The van der Waals surface area contributed by atoms with Crippen molar-refractivity contribution in [2.75, 3.05) is 31.6 Å². The van der Waals surface area contributed by atoms with Crippen molar-refractivity contribution in [1.29, 1.82) is 0 Å². The number of amides is 1. The number of likely N-dealkylation sites (tertiary alicyclic amines) is 1. The lowest BCUT2D eigenvalue weighted by Gasteiger charge is -2.16. The number of carbonyl (C=O) groups excluding carboxylic acids is 1. The van der Waals surface area contributed by atoms with Gasteiger partial charge in [0.05, 0.1) is 5.75 Å². The molecule has 1 saturated heterocycles. The zero-order chi connectivity index (χ0) is 16.6. The molecule has 1 amide bonds. The molecule has 2 heterocycles. The second kappa shape index (κ2) is 6.24. The summed E-state index contributed by atoms with van der Waals surface area (Å²) in [7, 11) is -2.96. The van der Waals surface area contributed by atoms with Crippen LogP contribution in [0.15, 0.2) is 10.8 Å². The fraction of sp³-hybridized carbons (Fsp3) is 0.733. The van der Waals surface area contributed by atoms with Crippen LogP contribution in [0.3, 0.4) is 0 Å². The molecule has 128 valence electrons. The van der Waals surface area contributed by atoms with Crippen LogP contribution < -0.4 is 5.32 Å². The van der Waals surface area contributed by atoms with Gasteiger partial charge < -0.3 is 9.84 Å². The van der Waals surface area contributed by atoms with Gasteiger partial charge in [-0.25, -0.2) is 8.42 Å². The van der Waals surface area contributed by atoms with Crippen LogP contribution in [0.25, 0.3) is 0 Å². The Balaban J connectivity index is 1.57. The Hall–Kier alpha value is -1.41. The van der Waals surface area contributed by atoms with Crippen LogP contribution in [0, 0.1) is 5.92 Å². The summed E-state index contributed by atoms with van der Waals surface area (Å²) >= 11 is 0. The molecular weight excluding hydrogens is 318 g/mol. The van der Waals surface area contributed by atoms with Gasteiger partial charge in [0.2, 0.25) is 0 Å². The number of hydrogen-bond donors (Lipinski definition) is 1. The van der Waals surface area contributed by atoms with Crippen molar-refractivity contribution < 1.29 is 17.7 Å². The van der Waals surface area contributed by atoms with E-state index < -0.39 is 9.84 Å². The minimum absolute atomic E-state index is 0.00538. The van der Waals surface area contributed by atoms with Crippen molar-refractivity contribution in [3.8, 4) is 0 Å². The summed E-state index contributed by atoms with van der Waals surface area (Å²) in [4.78, 5) is 14.5. The van der Waals surface area contributed by atoms with Gasteiger partial charge in [-0.05, 0) is 24.7 Å². The van der Waals surface area contributed by atoms with E-state index in [0.717, 1.165) is 24.9 Å². The molecular formula is C15H23N3O4S. The molecule has 0 radical (unpaired) electrons. The van der Waals surface area contributed by atoms with Crippen LogP contribution in [0.2, 0.25) is 0 Å². The summed E-state index contributed by atoms with van der Waals surface area (Å²) in [6.45, 7) is 4.02. The van der Waals surface area contributed by atoms with E-state index in [-0.39, 0.29) is 23.6 Å². The van der Waals surface area contributed by atoms with Crippen LogP contribution in [0.5, 0.6) is 0 Å². The van der Waals surface area contributed by atoms with Crippen molar-refractivity contribution in [1.82, 2.24) is 15.4 Å². The standard InChI is InChI=1S/C15H23N3O4S/c1-10-7-18(5-6-23(2,20)21)8-13(10)16-15(19)14-12(9-22-17-14)11-3-4-11/h9-11,13H,3-8H2,1-2H3,(H,16,19)/t10-,13+/m0/s1. The van der Waals surface area contributed by atoms with Gasteiger partial charge in [-0.2, -0.15) is 0 Å². The normalized spacial score (nSPS) is 25.7. The molecule has 7 nitrogen and oxygen atoms in total. The molecule has 1 aliphatic carbocycles. The van der Waals surface area contributed by atoms with Crippen molar-refractivity contribution in [3.05, 3.63) is 17.5 Å². The fourth-order valence-electron chi connectivity index (χ4n) is 3.07. The fourth-order valence-corrected chi connectivity index (χ4v) is 3.66. The van der Waals surface area contributed by atoms with E-state index >= 15 is 0 Å². The Bertz CT molecular complexity index is 681. The van der Waals surface area contributed by atoms with Crippen LogP contribution in [-0.2, 0) is 9.84 Å². The first-order valence-corrected chi connectivity index (χ1v) is 10.0. The lowest BCUT2D eigenvalue weighted by Crippen LogP contribution is -2.40. The highest BCUT2D eigenvalue weighted by molar-refractivity contribution is 7.90. The van der Waals surface area contributed by atoms with E-state index in [4.69, 9.17) is 4.52 Å². The highest BCUT2D eigenvalue weighted by Gasteiger charge is 2.34. The summed E-state index contributed by atoms with van der Waals surface area (Å²) in [5.74, 6) is 0.640. The topological polar surface area (TPSA) is 92.5 Å². The van der Waals surface area contributed by atoms with Gasteiger partial charge in [0, 0.05) is 37.5 Å². The van der Waals surface area contributed by atoms with Gasteiger partial charge in [-0.3, -0.25) is 9.69 Å². The Morgan fingerprint density at radius 1 is 1.43 bits per heavy atom. The predicted molar refractivity (Wildman–Crippen MR) is 85.0 cm³/mol. The van der Waals surface area contributed by atoms with Gasteiger partial charge in [0.15, 0.2) is 5.69 Å². The minimum Gasteiger partial charge on any atom is -0.364 e. The summed E-state index contributed by atoms with van der Waals surface area (Å²) in [6, 6.07) is 0.00538. The molecule has 0 bridgehead atoms. The maximum absolute atomic E-state index is 12.4. The average molecular weight is 341 g/mol. The second-order valence-corrected chi connectivity index (χ2v) is 9.10. The van der Waals surface area contributed by atoms with Crippen molar-refractivity contribution in [2.24, 2.45) is 5.92 Å². The molecule has 0 aromatic carbocycles. The number of rotatable bonds is 6. The monoisotopic (exact) mass is 341 g/mol. The van der Waals surface area contributed by atoms with Crippen LogP contribution in [0.1, 0.15) is 41.7 Å². The first-order valence-electron chi connectivity index (χ1n) is 7.98. The molecule has 1 N–H and O–H groups in total. The zero-order valence-electron chi connectivity index (χ0n) is 13.5. The van der Waals surface area contributed by atoms with Gasteiger partial charge in [0.1, 0.15) is 16.1 Å². The van der Waals surface area contributed by atoms with E-state index in [2.05, 4.69) is 22.3 Å². The Morgan fingerprint density at radius 2 is 2.17 bits per heavy atom. The quantitative estimate of drug-likeness (QED) is 0.816. The molecule has 3 rings (SSSR count). The number of hydrogen-bond acceptors (Lipinski definition) is 6. The summed E-state index contributed by atoms with van der Waals surface area (Å²) in [5, 5.41) is 6.88. The molecule has 1 aliphatic heterocycles. The van der Waals surface area contributed by atoms with Crippen LogP contribution in [0.4, 0.5) is 0 Å². The number of nitrogens with zero attached hydrogens (tertiary/aromatic N) is 2. The molecule has 2 atom stereocenters. The lowest BCUT2D eigenvalue weighted by atomic mass is 10.1. The van der Waals surface area contributed by atoms with Crippen LogP contribution >= 0.6 is 0 Å².